The van der Waals surface area contributed by atoms with Gasteiger partial charge in [0.05, 0.1) is 4.90 Å². The lowest BCUT2D eigenvalue weighted by Gasteiger charge is -2.14. The number of aryl methyl sites for hydroxylation is 1. The van der Waals surface area contributed by atoms with Crippen molar-refractivity contribution in [3.63, 3.8) is 0 Å². The van der Waals surface area contributed by atoms with Gasteiger partial charge in [0.15, 0.2) is 0 Å². The van der Waals surface area contributed by atoms with E-state index < -0.39 is 10.0 Å². The van der Waals surface area contributed by atoms with Crippen molar-refractivity contribution in [1.82, 2.24) is 0 Å². The van der Waals surface area contributed by atoms with Crippen molar-refractivity contribution in [3.05, 3.63) is 47.5 Å². The predicted molar refractivity (Wildman–Crippen MR) is 89.4 cm³/mol. The lowest BCUT2D eigenvalue weighted by molar-refractivity contribution is 0.600. The first-order chi connectivity index (χ1) is 9.85. The SMILES string of the molecule is CSc1cccc(NS(=O)(=O)c2c(C)ccc(N)c2C)c1. The van der Waals surface area contributed by atoms with Crippen LogP contribution in [0.1, 0.15) is 11.1 Å². The van der Waals surface area contributed by atoms with Crippen molar-refractivity contribution in [2.45, 2.75) is 23.6 Å². The van der Waals surface area contributed by atoms with Crippen LogP contribution in [0.25, 0.3) is 0 Å². The standard InChI is InChI=1S/C15H18N2O2S2/c1-10-7-8-14(16)11(2)15(10)21(18,19)17-12-5-4-6-13(9-12)20-3/h4-9,17H,16H2,1-3H3. The number of hydrogen-bond donors (Lipinski definition) is 2. The van der Waals surface area contributed by atoms with Gasteiger partial charge in [-0.2, -0.15) is 0 Å². The van der Waals surface area contributed by atoms with Crippen molar-refractivity contribution in [2.75, 3.05) is 16.7 Å². The minimum atomic E-state index is -3.66. The molecule has 0 aliphatic rings. The van der Waals surface area contributed by atoms with E-state index in [1.165, 1.54) is 0 Å². The van der Waals surface area contributed by atoms with E-state index in [0.29, 0.717) is 22.5 Å². The summed E-state index contributed by atoms with van der Waals surface area (Å²) in [5.74, 6) is 0. The molecule has 0 spiro atoms. The van der Waals surface area contributed by atoms with Crippen molar-refractivity contribution >= 4 is 33.2 Å². The first-order valence-corrected chi connectivity index (χ1v) is 9.08. The number of thioether (sulfide) groups is 1. The summed E-state index contributed by atoms with van der Waals surface area (Å²) >= 11 is 1.56. The minimum Gasteiger partial charge on any atom is -0.398 e. The maximum absolute atomic E-state index is 12.6. The molecule has 0 fully saturated rings. The quantitative estimate of drug-likeness (QED) is 0.668. The van der Waals surface area contributed by atoms with Gasteiger partial charge in [0, 0.05) is 16.3 Å². The lowest BCUT2D eigenvalue weighted by Crippen LogP contribution is -2.16. The van der Waals surface area contributed by atoms with E-state index in [0.717, 1.165) is 4.90 Å². The molecule has 0 amide bonds. The van der Waals surface area contributed by atoms with Gasteiger partial charge in [0.25, 0.3) is 10.0 Å². The Kier molecular flexibility index (Phi) is 4.49. The Balaban J connectivity index is 2.46. The van der Waals surface area contributed by atoms with E-state index in [2.05, 4.69) is 4.72 Å². The largest absolute Gasteiger partial charge is 0.398 e. The summed E-state index contributed by atoms with van der Waals surface area (Å²) in [7, 11) is -3.66. The Morgan fingerprint density at radius 1 is 1.14 bits per heavy atom. The van der Waals surface area contributed by atoms with Gasteiger partial charge in [-0.25, -0.2) is 8.42 Å². The average molecular weight is 322 g/mol. The highest BCUT2D eigenvalue weighted by Crippen LogP contribution is 2.27. The molecule has 0 saturated carbocycles. The molecule has 0 aromatic heterocycles. The predicted octanol–water partition coefficient (Wildman–Crippen LogP) is 3.41. The lowest BCUT2D eigenvalue weighted by atomic mass is 10.1. The molecule has 6 heteroatoms. The van der Waals surface area contributed by atoms with E-state index in [4.69, 9.17) is 5.73 Å². The molecule has 4 nitrogen and oxygen atoms in total. The average Bonchev–Trinajstić information content (AvgIpc) is 2.42. The van der Waals surface area contributed by atoms with E-state index in [-0.39, 0.29) is 4.90 Å². The molecule has 0 saturated heterocycles. The molecule has 0 heterocycles. The first-order valence-electron chi connectivity index (χ1n) is 6.37. The molecule has 0 atom stereocenters. The second-order valence-corrected chi connectivity index (χ2v) is 7.26. The fraction of sp³-hybridized carbons (Fsp3) is 0.200. The van der Waals surface area contributed by atoms with Crippen molar-refractivity contribution in [3.8, 4) is 0 Å². The summed E-state index contributed by atoms with van der Waals surface area (Å²) < 4.78 is 27.9. The van der Waals surface area contributed by atoms with Crippen LogP contribution in [0.4, 0.5) is 11.4 Å². The van der Waals surface area contributed by atoms with Crippen LogP contribution in [0.2, 0.25) is 0 Å². The smallest absolute Gasteiger partial charge is 0.262 e. The van der Waals surface area contributed by atoms with Gasteiger partial charge in [-0.05, 0) is 55.5 Å². The molecule has 0 unspecified atom stereocenters. The monoisotopic (exact) mass is 322 g/mol. The number of nitrogens with two attached hydrogens (primary N) is 1. The highest BCUT2D eigenvalue weighted by atomic mass is 32.2. The number of sulfonamides is 1. The Morgan fingerprint density at radius 2 is 1.86 bits per heavy atom. The molecule has 2 aromatic carbocycles. The van der Waals surface area contributed by atoms with E-state index >= 15 is 0 Å². The third kappa shape index (κ3) is 3.33. The van der Waals surface area contributed by atoms with Gasteiger partial charge in [0.1, 0.15) is 0 Å². The summed E-state index contributed by atoms with van der Waals surface area (Å²) in [6.07, 6.45) is 1.94. The van der Waals surface area contributed by atoms with Crippen molar-refractivity contribution in [2.24, 2.45) is 0 Å². The number of rotatable bonds is 4. The number of hydrogen-bond acceptors (Lipinski definition) is 4. The van der Waals surface area contributed by atoms with Gasteiger partial charge >= 0.3 is 0 Å². The highest BCUT2D eigenvalue weighted by molar-refractivity contribution is 7.98. The third-order valence-corrected chi connectivity index (χ3v) is 5.63. The van der Waals surface area contributed by atoms with Crippen LogP contribution in [-0.4, -0.2) is 14.7 Å². The van der Waals surface area contributed by atoms with Crippen LogP contribution in [0.15, 0.2) is 46.2 Å². The zero-order chi connectivity index (χ0) is 15.6. The summed E-state index contributed by atoms with van der Waals surface area (Å²) in [6.45, 7) is 3.48. The molecular weight excluding hydrogens is 304 g/mol. The van der Waals surface area contributed by atoms with E-state index in [1.807, 2.05) is 18.4 Å². The van der Waals surface area contributed by atoms with Crippen LogP contribution in [0.3, 0.4) is 0 Å². The van der Waals surface area contributed by atoms with E-state index in [9.17, 15) is 8.42 Å². The number of benzene rings is 2. The second kappa shape index (κ2) is 5.99. The fourth-order valence-corrected chi connectivity index (χ4v) is 4.16. The number of nitrogens with one attached hydrogen (secondary N) is 1. The third-order valence-electron chi connectivity index (χ3n) is 3.24. The van der Waals surface area contributed by atoms with Crippen LogP contribution in [-0.2, 0) is 10.0 Å². The van der Waals surface area contributed by atoms with Gasteiger partial charge in [-0.3, -0.25) is 4.72 Å². The van der Waals surface area contributed by atoms with Crippen molar-refractivity contribution in [1.29, 1.82) is 0 Å². The summed E-state index contributed by atoms with van der Waals surface area (Å²) in [5.41, 5.74) is 8.09. The van der Waals surface area contributed by atoms with Crippen LogP contribution >= 0.6 is 11.8 Å². The molecule has 3 N–H and O–H groups in total. The summed E-state index contributed by atoms with van der Waals surface area (Å²) in [6, 6.07) is 10.7. The Hall–Kier alpha value is -1.66. The molecule has 0 radical (unpaired) electrons. The topological polar surface area (TPSA) is 72.2 Å². The van der Waals surface area contributed by atoms with Gasteiger partial charge < -0.3 is 5.73 Å². The Bertz CT molecular complexity index is 771. The van der Waals surface area contributed by atoms with Crippen molar-refractivity contribution < 1.29 is 8.42 Å². The van der Waals surface area contributed by atoms with Gasteiger partial charge in [-0.15, -0.1) is 11.8 Å². The first kappa shape index (κ1) is 15.7. The zero-order valence-electron chi connectivity index (χ0n) is 12.2. The molecule has 2 rings (SSSR count). The molecule has 0 aliphatic carbocycles. The van der Waals surface area contributed by atoms with E-state index in [1.54, 1.807) is 49.9 Å². The molecule has 21 heavy (non-hydrogen) atoms. The summed E-state index contributed by atoms with van der Waals surface area (Å²) in [5, 5.41) is 0. The Morgan fingerprint density at radius 3 is 2.52 bits per heavy atom. The zero-order valence-corrected chi connectivity index (χ0v) is 13.8. The maximum Gasteiger partial charge on any atom is 0.262 e. The van der Waals surface area contributed by atoms with Crippen LogP contribution in [0.5, 0.6) is 0 Å². The summed E-state index contributed by atoms with van der Waals surface area (Å²) in [4.78, 5) is 1.24. The molecule has 0 aliphatic heterocycles. The fourth-order valence-electron chi connectivity index (χ4n) is 2.15. The van der Waals surface area contributed by atoms with Crippen LogP contribution in [0, 0.1) is 13.8 Å². The normalized spacial score (nSPS) is 11.4. The Labute approximate surface area is 129 Å². The second-order valence-electron chi connectivity index (χ2n) is 4.76. The number of nitrogen functional groups attached to an aromatic ring is 1. The van der Waals surface area contributed by atoms with Gasteiger partial charge in [0.2, 0.25) is 0 Å². The van der Waals surface area contributed by atoms with Gasteiger partial charge in [-0.1, -0.05) is 12.1 Å². The minimum absolute atomic E-state index is 0.247. The number of anilines is 2. The molecule has 2 aromatic rings. The maximum atomic E-state index is 12.6. The highest BCUT2D eigenvalue weighted by Gasteiger charge is 2.21. The molecule has 0 bridgehead atoms. The molecule has 112 valence electrons. The molecular formula is C15H18N2O2S2. The van der Waals surface area contributed by atoms with Crippen LogP contribution < -0.4 is 10.5 Å².